The Morgan fingerprint density at radius 3 is 1.14 bits per heavy atom. The van der Waals surface area contributed by atoms with Gasteiger partial charge in [-0.2, -0.15) is 4.98 Å². The highest BCUT2D eigenvalue weighted by Gasteiger charge is 2.24. The highest BCUT2D eigenvalue weighted by molar-refractivity contribution is 5.87. The molecule has 4 aromatic heterocycles. The molecule has 12 N–H and O–H groups in total. The number of nitrogens with two attached hydrogens (primary N) is 3. The fourth-order valence-corrected chi connectivity index (χ4v) is 6.94. The topological polar surface area (TPSA) is 463 Å². The van der Waals surface area contributed by atoms with Crippen LogP contribution < -0.4 is 72.6 Å². The van der Waals surface area contributed by atoms with Gasteiger partial charge in [0, 0.05) is 93.8 Å². The average Bonchev–Trinajstić information content (AvgIpc) is 3.33. The summed E-state index contributed by atoms with van der Waals surface area (Å²) in [6, 6.07) is 1.27. The molecule has 8 amide bonds. The van der Waals surface area contributed by atoms with E-state index in [0.717, 1.165) is 50.3 Å². The molecule has 0 aromatic carbocycles. The molecule has 76 heavy (non-hydrogen) atoms. The van der Waals surface area contributed by atoms with Crippen LogP contribution in [0.2, 0.25) is 0 Å². The zero-order valence-corrected chi connectivity index (χ0v) is 41.6. The molecule has 0 saturated carbocycles. The summed E-state index contributed by atoms with van der Waals surface area (Å²) in [5.74, 6) is -6.58. The zero-order valence-electron chi connectivity index (χ0n) is 41.6. The van der Waals surface area contributed by atoms with E-state index in [4.69, 9.17) is 17.2 Å². The molecular formula is C43H58N18O15. The third-order valence-corrected chi connectivity index (χ3v) is 11.0. The molecule has 410 valence electrons. The van der Waals surface area contributed by atoms with E-state index < -0.39 is 146 Å². The number of hydrogen-bond donors (Lipinski definition) is 9. The standard InChI is InChI=1S/C43H58N18O15/c1-25-14-59(41(74)51-37(25)70)22-34(67)54(10-5-44)18-30(63)48-7-12-56(35(68)23-60-15-26(2)38(71)52-42(60)75)20-32(65)49-8-13-57(36(69)24-61-16-27(3)39(72)53-43(61)76)19-31(64)47-6-11-55(17-29(46)62)33(66)21-58-9-4-28(45)50-40(58)73/h4,9,14-16H,5-8,10-13,17-24,44H2,1-3H3,(H2,46,62)(H,47,64)(H,48,63)(H,49,65)(H2,45,50,73)(H,51,70,74)(H,52,71,75)(H,53,72,76). The molecule has 0 radical (unpaired) electrons. The smallest absolute Gasteiger partial charge is 0.349 e. The normalized spacial score (nSPS) is 10.8. The first-order chi connectivity index (χ1) is 35.8. The van der Waals surface area contributed by atoms with Crippen molar-refractivity contribution < 1.29 is 38.4 Å². The van der Waals surface area contributed by atoms with Crippen LogP contribution in [0, 0.1) is 20.8 Å². The lowest BCUT2D eigenvalue weighted by atomic mass is 10.3. The maximum Gasteiger partial charge on any atom is 0.349 e. The summed E-state index contributed by atoms with van der Waals surface area (Å²) < 4.78 is 3.63. The number of carbonyl (C=O) groups is 8. The minimum atomic E-state index is -0.949. The molecular weight excluding hydrogens is 1010 g/mol. The highest BCUT2D eigenvalue weighted by Crippen LogP contribution is 2.00. The Morgan fingerprint density at radius 2 is 0.829 bits per heavy atom. The highest BCUT2D eigenvalue weighted by atomic mass is 16.2. The Morgan fingerprint density at radius 1 is 0.513 bits per heavy atom. The third kappa shape index (κ3) is 17.9. The van der Waals surface area contributed by atoms with Crippen molar-refractivity contribution in [1.82, 2.24) is 73.8 Å². The molecule has 0 spiro atoms. The summed E-state index contributed by atoms with van der Waals surface area (Å²) in [5, 5.41) is 7.52. The lowest BCUT2D eigenvalue weighted by Gasteiger charge is -2.25. The molecule has 4 rings (SSSR count). The van der Waals surface area contributed by atoms with E-state index in [2.05, 4.69) is 35.9 Å². The minimum Gasteiger partial charge on any atom is -0.383 e. The summed E-state index contributed by atoms with van der Waals surface area (Å²) in [6.07, 6.45) is 4.63. The quantitative estimate of drug-likeness (QED) is 0.0268. The second-order valence-corrected chi connectivity index (χ2v) is 16.9. The summed E-state index contributed by atoms with van der Waals surface area (Å²) in [7, 11) is 0. The van der Waals surface area contributed by atoms with Crippen LogP contribution in [0.4, 0.5) is 5.82 Å². The van der Waals surface area contributed by atoms with Gasteiger partial charge in [-0.3, -0.25) is 86.0 Å². The monoisotopic (exact) mass is 1070 g/mol. The first kappa shape index (κ1) is 59.0. The van der Waals surface area contributed by atoms with Crippen LogP contribution in [-0.4, -0.2) is 184 Å². The van der Waals surface area contributed by atoms with Gasteiger partial charge in [0.1, 0.15) is 32.0 Å². The van der Waals surface area contributed by atoms with Gasteiger partial charge >= 0.3 is 22.8 Å². The molecule has 0 saturated heterocycles. The summed E-state index contributed by atoms with van der Waals surface area (Å²) in [6.45, 7) is -3.17. The molecule has 0 aliphatic heterocycles. The number of aromatic nitrogens is 8. The number of aryl methyl sites for hydroxylation is 3. The van der Waals surface area contributed by atoms with Crippen molar-refractivity contribution in [2.24, 2.45) is 11.5 Å². The second-order valence-electron chi connectivity index (χ2n) is 16.9. The Hall–Kier alpha value is -9.56. The van der Waals surface area contributed by atoms with Crippen molar-refractivity contribution in [3.05, 3.63) is 121 Å². The average molecular weight is 1070 g/mol. The van der Waals surface area contributed by atoms with Gasteiger partial charge in [0.2, 0.25) is 47.3 Å². The summed E-state index contributed by atoms with van der Waals surface area (Å²) in [4.78, 5) is 204. The van der Waals surface area contributed by atoms with Crippen molar-refractivity contribution >= 4 is 53.1 Å². The molecule has 4 heterocycles. The molecule has 0 aliphatic carbocycles. The van der Waals surface area contributed by atoms with Crippen LogP contribution in [0.15, 0.2) is 64.4 Å². The number of H-pyrrole nitrogens is 3. The van der Waals surface area contributed by atoms with Crippen molar-refractivity contribution in [1.29, 1.82) is 0 Å². The maximum atomic E-state index is 13.7. The lowest BCUT2D eigenvalue weighted by Crippen LogP contribution is -2.50. The van der Waals surface area contributed by atoms with Gasteiger partial charge in [-0.25, -0.2) is 19.2 Å². The molecule has 33 heteroatoms. The van der Waals surface area contributed by atoms with Crippen LogP contribution in [-0.2, 0) is 64.5 Å². The van der Waals surface area contributed by atoms with Crippen LogP contribution in [0.1, 0.15) is 16.7 Å². The summed E-state index contributed by atoms with van der Waals surface area (Å²) >= 11 is 0. The van der Waals surface area contributed by atoms with E-state index in [1.54, 1.807) is 0 Å². The maximum absolute atomic E-state index is 13.7. The van der Waals surface area contributed by atoms with E-state index in [9.17, 15) is 71.9 Å². The fraction of sp³-hybridized carbons (Fsp3) is 0.442. The van der Waals surface area contributed by atoms with E-state index in [1.165, 1.54) is 39.2 Å². The van der Waals surface area contributed by atoms with Gasteiger partial charge in [-0.1, -0.05) is 0 Å². The van der Waals surface area contributed by atoms with E-state index in [1.807, 2.05) is 0 Å². The molecule has 0 aliphatic rings. The Labute approximate surface area is 427 Å². The minimum absolute atomic E-state index is 0.0766. The number of hydrogen-bond acceptors (Lipinski definition) is 18. The first-order valence-corrected chi connectivity index (χ1v) is 23.0. The number of aromatic amines is 3. The van der Waals surface area contributed by atoms with Crippen LogP contribution in [0.3, 0.4) is 0 Å². The fourth-order valence-electron chi connectivity index (χ4n) is 6.94. The van der Waals surface area contributed by atoms with Gasteiger partial charge < -0.3 is 52.8 Å². The van der Waals surface area contributed by atoms with Crippen molar-refractivity contribution in [3.63, 3.8) is 0 Å². The second kappa shape index (κ2) is 27.5. The van der Waals surface area contributed by atoms with Crippen LogP contribution >= 0.6 is 0 Å². The Bertz CT molecular complexity index is 3280. The Kier molecular flexibility index (Phi) is 21.3. The molecule has 0 fully saturated rings. The molecule has 33 nitrogen and oxygen atoms in total. The van der Waals surface area contributed by atoms with Gasteiger partial charge in [-0.05, 0) is 26.8 Å². The molecule has 0 bridgehead atoms. The number of nitrogens with zero attached hydrogens (tertiary/aromatic N) is 9. The predicted octanol–water partition coefficient (Wildman–Crippen LogP) is -9.49. The Balaban J connectivity index is 1.46. The number of nitrogen functional groups attached to an aromatic ring is 1. The predicted molar refractivity (Wildman–Crippen MR) is 265 cm³/mol. The van der Waals surface area contributed by atoms with E-state index in [0.29, 0.717) is 0 Å². The SMILES string of the molecule is Cc1cn(CC(=O)N(CCN)CC(=O)NCCN(CC(=O)NCCN(CC(=O)NCCN(CC(N)=O)C(=O)Cn2ccc(N)nc2=O)C(=O)Cn2cc(C)c(=O)[nH]c2=O)C(=O)Cn2cc(C)c(=O)[nH]c2=O)c(=O)[nH]c1=O. The van der Waals surface area contributed by atoms with Crippen LogP contribution in [0.5, 0.6) is 0 Å². The lowest BCUT2D eigenvalue weighted by molar-refractivity contribution is -0.138. The van der Waals surface area contributed by atoms with Gasteiger partial charge in [0.15, 0.2) is 0 Å². The zero-order chi connectivity index (χ0) is 56.4. The van der Waals surface area contributed by atoms with Crippen molar-refractivity contribution in [2.45, 2.75) is 47.0 Å². The number of amides is 8. The summed E-state index contributed by atoms with van der Waals surface area (Å²) in [5.41, 5.74) is 11.1. The molecule has 0 atom stereocenters. The number of nitrogens with one attached hydrogen (secondary N) is 6. The van der Waals surface area contributed by atoms with Crippen molar-refractivity contribution in [3.8, 4) is 0 Å². The van der Waals surface area contributed by atoms with Gasteiger partial charge in [-0.15, -0.1) is 0 Å². The third-order valence-electron chi connectivity index (χ3n) is 11.0. The number of primary amides is 1. The first-order valence-electron chi connectivity index (χ1n) is 23.0. The van der Waals surface area contributed by atoms with Gasteiger partial charge in [0.05, 0.1) is 26.2 Å². The molecule has 0 unspecified atom stereocenters. The van der Waals surface area contributed by atoms with Crippen LogP contribution in [0.25, 0.3) is 0 Å². The van der Waals surface area contributed by atoms with E-state index in [-0.39, 0.29) is 68.3 Å². The number of rotatable bonds is 27. The van der Waals surface area contributed by atoms with Crippen molar-refractivity contribution in [2.75, 3.05) is 84.3 Å². The number of anilines is 1. The van der Waals surface area contributed by atoms with Gasteiger partial charge in [0.25, 0.3) is 16.7 Å². The van der Waals surface area contributed by atoms with E-state index >= 15 is 0 Å². The molecule has 4 aromatic rings. The largest absolute Gasteiger partial charge is 0.383 e. The number of carbonyl (C=O) groups excluding carboxylic acids is 8.